The number of aromatic hydroxyl groups is 1. The Morgan fingerprint density at radius 1 is 1.32 bits per heavy atom. The monoisotopic (exact) mass is 264 g/mol. The number of ether oxygens (including phenoxy) is 1. The number of rotatable bonds is 4. The third-order valence-corrected chi connectivity index (χ3v) is 3.64. The number of benzene rings is 1. The van der Waals surface area contributed by atoms with Crippen LogP contribution in [0.3, 0.4) is 0 Å². The van der Waals surface area contributed by atoms with Gasteiger partial charge in [0.1, 0.15) is 0 Å². The lowest BCUT2D eigenvalue weighted by Crippen LogP contribution is -2.42. The molecule has 0 aromatic heterocycles. The molecule has 4 nitrogen and oxygen atoms in total. The summed E-state index contributed by atoms with van der Waals surface area (Å²) in [6.45, 7) is 9.23. The van der Waals surface area contributed by atoms with Gasteiger partial charge < -0.3 is 15.2 Å². The van der Waals surface area contributed by atoms with Gasteiger partial charge in [-0.1, -0.05) is 19.9 Å². The molecule has 0 amide bonds. The zero-order chi connectivity index (χ0) is 13.8. The van der Waals surface area contributed by atoms with Crippen LogP contribution in [-0.4, -0.2) is 43.3 Å². The van der Waals surface area contributed by atoms with Crippen LogP contribution in [0.1, 0.15) is 30.9 Å². The minimum absolute atomic E-state index is 0.249. The molecule has 0 bridgehead atoms. The number of nitrogens with one attached hydrogen (secondary N) is 1. The van der Waals surface area contributed by atoms with Gasteiger partial charge in [-0.3, -0.25) is 4.90 Å². The molecule has 1 aliphatic rings. The van der Waals surface area contributed by atoms with E-state index in [1.165, 1.54) is 0 Å². The van der Waals surface area contributed by atoms with Gasteiger partial charge in [0.05, 0.1) is 7.11 Å². The zero-order valence-electron chi connectivity index (χ0n) is 12.1. The van der Waals surface area contributed by atoms with E-state index >= 15 is 0 Å². The Morgan fingerprint density at radius 3 is 2.58 bits per heavy atom. The second-order valence-electron chi connectivity index (χ2n) is 5.41. The first-order chi connectivity index (χ1) is 9.11. The molecule has 19 heavy (non-hydrogen) atoms. The standard InChI is InChI=1S/C15H24N2O2/c1-11(2)12-8-13(15(19-3)14(18)9-12)10-17-6-4-16-5-7-17/h8-9,11,16,18H,4-7,10H2,1-3H3. The highest BCUT2D eigenvalue weighted by Crippen LogP contribution is 2.34. The lowest BCUT2D eigenvalue weighted by atomic mass is 9.99. The summed E-state index contributed by atoms with van der Waals surface area (Å²) in [5, 5.41) is 13.4. The smallest absolute Gasteiger partial charge is 0.164 e. The van der Waals surface area contributed by atoms with Crippen molar-refractivity contribution in [3.8, 4) is 11.5 Å². The molecule has 0 atom stereocenters. The van der Waals surface area contributed by atoms with Gasteiger partial charge in [-0.2, -0.15) is 0 Å². The Labute approximate surface area is 115 Å². The van der Waals surface area contributed by atoms with Gasteiger partial charge in [-0.25, -0.2) is 0 Å². The van der Waals surface area contributed by atoms with Gasteiger partial charge in [0.2, 0.25) is 0 Å². The van der Waals surface area contributed by atoms with Crippen molar-refractivity contribution in [2.45, 2.75) is 26.3 Å². The lowest BCUT2D eigenvalue weighted by Gasteiger charge is -2.28. The molecule has 1 heterocycles. The summed E-state index contributed by atoms with van der Waals surface area (Å²) in [6, 6.07) is 3.97. The number of methoxy groups -OCH3 is 1. The molecule has 1 aromatic carbocycles. The Morgan fingerprint density at radius 2 is 2.00 bits per heavy atom. The lowest BCUT2D eigenvalue weighted by molar-refractivity contribution is 0.229. The molecule has 0 aliphatic carbocycles. The van der Waals surface area contributed by atoms with Crippen molar-refractivity contribution in [1.29, 1.82) is 0 Å². The number of phenolic OH excluding ortho intramolecular Hbond substituents is 1. The SMILES string of the molecule is COc1c(O)cc(C(C)C)cc1CN1CCNCC1. The van der Waals surface area contributed by atoms with E-state index in [1.807, 2.05) is 6.07 Å². The van der Waals surface area contributed by atoms with Gasteiger partial charge in [0, 0.05) is 38.3 Å². The molecular formula is C15H24N2O2. The Kier molecular flexibility index (Phi) is 4.66. The molecule has 1 aromatic rings. The zero-order valence-corrected chi connectivity index (χ0v) is 12.1. The number of piperazine rings is 1. The van der Waals surface area contributed by atoms with E-state index in [-0.39, 0.29) is 5.75 Å². The fourth-order valence-corrected chi connectivity index (χ4v) is 2.49. The number of phenols is 1. The van der Waals surface area contributed by atoms with Crippen molar-refractivity contribution < 1.29 is 9.84 Å². The van der Waals surface area contributed by atoms with Crippen molar-refractivity contribution in [1.82, 2.24) is 10.2 Å². The van der Waals surface area contributed by atoms with Crippen LogP contribution in [0.15, 0.2) is 12.1 Å². The molecule has 4 heteroatoms. The summed E-state index contributed by atoms with van der Waals surface area (Å²) in [6.07, 6.45) is 0. The van der Waals surface area contributed by atoms with Crippen LogP contribution >= 0.6 is 0 Å². The van der Waals surface area contributed by atoms with Crippen molar-refractivity contribution >= 4 is 0 Å². The first-order valence-corrected chi connectivity index (χ1v) is 6.94. The van der Waals surface area contributed by atoms with Crippen LogP contribution in [0.4, 0.5) is 0 Å². The third kappa shape index (κ3) is 3.39. The highest BCUT2D eigenvalue weighted by Gasteiger charge is 2.17. The van der Waals surface area contributed by atoms with Crippen LogP contribution in [0, 0.1) is 0 Å². The molecule has 2 rings (SSSR count). The maximum atomic E-state index is 10.1. The number of hydrogen-bond donors (Lipinski definition) is 2. The Bertz CT molecular complexity index is 426. The van der Waals surface area contributed by atoms with E-state index in [0.717, 1.165) is 43.9 Å². The second kappa shape index (κ2) is 6.26. The summed E-state index contributed by atoms with van der Waals surface area (Å²) in [5.74, 6) is 1.26. The topological polar surface area (TPSA) is 44.7 Å². The highest BCUT2D eigenvalue weighted by atomic mass is 16.5. The highest BCUT2D eigenvalue weighted by molar-refractivity contribution is 5.49. The molecule has 1 saturated heterocycles. The normalized spacial score (nSPS) is 16.8. The van der Waals surface area contributed by atoms with E-state index in [1.54, 1.807) is 7.11 Å². The molecule has 2 N–H and O–H groups in total. The van der Waals surface area contributed by atoms with E-state index < -0.39 is 0 Å². The van der Waals surface area contributed by atoms with Crippen molar-refractivity contribution in [2.75, 3.05) is 33.3 Å². The molecule has 1 aliphatic heterocycles. The molecule has 0 saturated carbocycles. The number of nitrogens with zero attached hydrogens (tertiary/aromatic N) is 1. The van der Waals surface area contributed by atoms with Gasteiger partial charge in [-0.05, 0) is 17.5 Å². The maximum Gasteiger partial charge on any atom is 0.164 e. The van der Waals surface area contributed by atoms with Crippen LogP contribution in [0.2, 0.25) is 0 Å². The summed E-state index contributed by atoms with van der Waals surface area (Å²) in [5.41, 5.74) is 2.23. The molecule has 106 valence electrons. The summed E-state index contributed by atoms with van der Waals surface area (Å²) in [4.78, 5) is 2.39. The van der Waals surface area contributed by atoms with Crippen molar-refractivity contribution in [2.24, 2.45) is 0 Å². The minimum Gasteiger partial charge on any atom is -0.504 e. The van der Waals surface area contributed by atoms with E-state index in [2.05, 4.69) is 30.1 Å². The first-order valence-electron chi connectivity index (χ1n) is 6.94. The van der Waals surface area contributed by atoms with Gasteiger partial charge in [0.15, 0.2) is 11.5 Å². The summed E-state index contributed by atoms with van der Waals surface area (Å²) < 4.78 is 5.36. The Balaban J connectivity index is 2.25. The van der Waals surface area contributed by atoms with E-state index in [0.29, 0.717) is 11.7 Å². The van der Waals surface area contributed by atoms with Crippen LogP contribution in [-0.2, 0) is 6.54 Å². The summed E-state index contributed by atoms with van der Waals surface area (Å²) in [7, 11) is 1.62. The maximum absolute atomic E-state index is 10.1. The van der Waals surface area contributed by atoms with Crippen molar-refractivity contribution in [3.63, 3.8) is 0 Å². The number of hydrogen-bond acceptors (Lipinski definition) is 4. The average Bonchev–Trinajstić information content (AvgIpc) is 2.39. The van der Waals surface area contributed by atoms with Crippen LogP contribution in [0.25, 0.3) is 0 Å². The largest absolute Gasteiger partial charge is 0.504 e. The molecule has 0 unspecified atom stereocenters. The molecule has 1 fully saturated rings. The predicted octanol–water partition coefficient (Wildman–Crippen LogP) is 1.93. The van der Waals surface area contributed by atoms with Crippen LogP contribution in [0.5, 0.6) is 11.5 Å². The van der Waals surface area contributed by atoms with Crippen LogP contribution < -0.4 is 10.1 Å². The van der Waals surface area contributed by atoms with Gasteiger partial charge in [-0.15, -0.1) is 0 Å². The fourth-order valence-electron chi connectivity index (χ4n) is 2.49. The third-order valence-electron chi connectivity index (χ3n) is 3.64. The van der Waals surface area contributed by atoms with E-state index in [9.17, 15) is 5.11 Å². The Hall–Kier alpha value is -1.26. The van der Waals surface area contributed by atoms with Crippen molar-refractivity contribution in [3.05, 3.63) is 23.3 Å². The van der Waals surface area contributed by atoms with E-state index in [4.69, 9.17) is 4.74 Å². The average molecular weight is 264 g/mol. The second-order valence-corrected chi connectivity index (χ2v) is 5.41. The predicted molar refractivity (Wildman–Crippen MR) is 76.9 cm³/mol. The molecular weight excluding hydrogens is 240 g/mol. The first kappa shape index (κ1) is 14.2. The fraction of sp³-hybridized carbons (Fsp3) is 0.600. The minimum atomic E-state index is 0.249. The van der Waals surface area contributed by atoms with Gasteiger partial charge in [0.25, 0.3) is 0 Å². The quantitative estimate of drug-likeness (QED) is 0.872. The summed E-state index contributed by atoms with van der Waals surface area (Å²) >= 11 is 0. The molecule has 0 radical (unpaired) electrons. The van der Waals surface area contributed by atoms with Gasteiger partial charge >= 0.3 is 0 Å². The molecule has 0 spiro atoms.